The molecular formula is C12H19BrN2O2S3. The molecule has 20 heavy (non-hydrogen) atoms. The van der Waals surface area contributed by atoms with Crippen LogP contribution in [0.15, 0.2) is 14.1 Å². The van der Waals surface area contributed by atoms with Crippen molar-refractivity contribution < 1.29 is 8.42 Å². The molecule has 1 heterocycles. The number of rotatable bonds is 7. The van der Waals surface area contributed by atoms with Crippen LogP contribution in [0, 0.1) is 12.8 Å². The molecule has 0 radical (unpaired) electrons. The quantitative estimate of drug-likeness (QED) is 0.716. The topological polar surface area (TPSA) is 63.4 Å². The van der Waals surface area contributed by atoms with Gasteiger partial charge < -0.3 is 5.73 Å². The lowest BCUT2D eigenvalue weighted by molar-refractivity contribution is 0.375. The fourth-order valence-electron chi connectivity index (χ4n) is 1.64. The summed E-state index contributed by atoms with van der Waals surface area (Å²) in [6.45, 7) is 6.63. The highest BCUT2D eigenvalue weighted by atomic mass is 79.9. The summed E-state index contributed by atoms with van der Waals surface area (Å²) < 4.78 is 28.0. The third kappa shape index (κ3) is 4.77. The first-order valence-corrected chi connectivity index (χ1v) is 9.64. The SMILES string of the molecule is Cc1cc(S(=O)(=O)N(CCC(N)=S)CC(C)C)sc1Br. The molecule has 0 fully saturated rings. The van der Waals surface area contributed by atoms with Gasteiger partial charge in [-0.25, -0.2) is 8.42 Å². The standard InChI is InChI=1S/C12H19BrN2O2S3/c1-8(2)7-15(5-4-10(14)18)20(16,17)11-6-9(3)12(13)19-11/h6,8H,4-5,7H2,1-3H3,(H2,14,18). The third-order valence-electron chi connectivity index (χ3n) is 2.61. The lowest BCUT2D eigenvalue weighted by atomic mass is 10.2. The van der Waals surface area contributed by atoms with Crippen molar-refractivity contribution in [1.82, 2.24) is 4.31 Å². The molecule has 1 rings (SSSR count). The minimum absolute atomic E-state index is 0.237. The van der Waals surface area contributed by atoms with Crippen molar-refractivity contribution in [2.45, 2.75) is 31.4 Å². The van der Waals surface area contributed by atoms with E-state index in [1.807, 2.05) is 20.8 Å². The van der Waals surface area contributed by atoms with Gasteiger partial charge in [0.05, 0.1) is 8.77 Å². The van der Waals surface area contributed by atoms with E-state index in [4.69, 9.17) is 18.0 Å². The first kappa shape index (κ1) is 18.0. The second kappa shape index (κ2) is 7.31. The van der Waals surface area contributed by atoms with Crippen LogP contribution in [0.2, 0.25) is 0 Å². The number of sulfonamides is 1. The average molecular weight is 399 g/mol. The molecule has 2 N–H and O–H groups in total. The van der Waals surface area contributed by atoms with Crippen LogP contribution in [-0.4, -0.2) is 30.8 Å². The Balaban J connectivity index is 3.06. The Morgan fingerprint density at radius 1 is 1.55 bits per heavy atom. The molecule has 0 saturated carbocycles. The van der Waals surface area contributed by atoms with Crippen LogP contribution in [0.1, 0.15) is 25.8 Å². The van der Waals surface area contributed by atoms with E-state index in [0.717, 1.165) is 9.35 Å². The number of hydrogen-bond acceptors (Lipinski definition) is 4. The van der Waals surface area contributed by atoms with Crippen molar-refractivity contribution in [2.24, 2.45) is 11.7 Å². The van der Waals surface area contributed by atoms with Crippen molar-refractivity contribution in [3.05, 3.63) is 15.4 Å². The molecule has 0 aromatic carbocycles. The van der Waals surface area contributed by atoms with Crippen LogP contribution >= 0.6 is 39.5 Å². The van der Waals surface area contributed by atoms with Crippen molar-refractivity contribution in [1.29, 1.82) is 0 Å². The van der Waals surface area contributed by atoms with E-state index in [1.165, 1.54) is 15.6 Å². The summed E-state index contributed by atoms with van der Waals surface area (Å²) in [6.07, 6.45) is 0.396. The largest absolute Gasteiger partial charge is 0.393 e. The van der Waals surface area contributed by atoms with Crippen molar-refractivity contribution >= 4 is 54.5 Å². The summed E-state index contributed by atoms with van der Waals surface area (Å²) in [4.78, 5) is 0.331. The molecule has 0 aliphatic carbocycles. The predicted octanol–water partition coefficient (Wildman–Crippen LogP) is 3.14. The highest BCUT2D eigenvalue weighted by molar-refractivity contribution is 9.11. The maximum atomic E-state index is 12.7. The molecular weight excluding hydrogens is 380 g/mol. The van der Waals surface area contributed by atoms with Crippen molar-refractivity contribution in [3.63, 3.8) is 0 Å². The summed E-state index contributed by atoms with van der Waals surface area (Å²) in [5, 5.41) is 0. The van der Waals surface area contributed by atoms with Crippen LogP contribution in [0.5, 0.6) is 0 Å². The van der Waals surface area contributed by atoms with Gasteiger partial charge >= 0.3 is 0 Å². The highest BCUT2D eigenvalue weighted by Gasteiger charge is 2.27. The van der Waals surface area contributed by atoms with Gasteiger partial charge in [-0.3, -0.25) is 0 Å². The minimum atomic E-state index is -3.49. The van der Waals surface area contributed by atoms with E-state index in [0.29, 0.717) is 28.7 Å². The highest BCUT2D eigenvalue weighted by Crippen LogP contribution is 2.32. The summed E-state index contributed by atoms with van der Waals surface area (Å²) in [5.41, 5.74) is 6.41. The third-order valence-corrected chi connectivity index (χ3v) is 7.26. The number of nitrogens with zero attached hydrogens (tertiary/aromatic N) is 1. The molecule has 0 spiro atoms. The molecule has 0 bridgehead atoms. The van der Waals surface area contributed by atoms with E-state index >= 15 is 0 Å². The molecule has 0 aliphatic heterocycles. The Morgan fingerprint density at radius 3 is 2.55 bits per heavy atom. The first-order chi connectivity index (χ1) is 9.14. The number of thiophene rings is 1. The second-order valence-electron chi connectivity index (χ2n) is 5.00. The predicted molar refractivity (Wildman–Crippen MR) is 91.8 cm³/mol. The van der Waals surface area contributed by atoms with Crippen LogP contribution in [0.3, 0.4) is 0 Å². The summed E-state index contributed by atoms with van der Waals surface area (Å²) in [6, 6.07) is 1.69. The molecule has 8 heteroatoms. The number of nitrogens with two attached hydrogens (primary N) is 1. The van der Waals surface area contributed by atoms with Gasteiger partial charge in [-0.15, -0.1) is 11.3 Å². The normalized spacial score (nSPS) is 12.3. The molecule has 0 unspecified atom stereocenters. The van der Waals surface area contributed by atoms with E-state index < -0.39 is 10.0 Å². The number of thiocarbonyl (C=S) groups is 1. The van der Waals surface area contributed by atoms with E-state index in [-0.39, 0.29) is 5.92 Å². The maximum Gasteiger partial charge on any atom is 0.252 e. The van der Waals surface area contributed by atoms with Gasteiger partial charge in [0.25, 0.3) is 10.0 Å². The fourth-order valence-corrected chi connectivity index (χ4v) is 5.71. The number of hydrogen-bond donors (Lipinski definition) is 1. The summed E-state index contributed by atoms with van der Waals surface area (Å²) in [7, 11) is -3.49. The fraction of sp³-hybridized carbons (Fsp3) is 0.583. The zero-order valence-corrected chi connectivity index (χ0v) is 15.8. The molecule has 0 saturated heterocycles. The Kier molecular flexibility index (Phi) is 6.59. The Morgan fingerprint density at radius 2 is 2.15 bits per heavy atom. The van der Waals surface area contributed by atoms with Crippen LogP contribution in [0.4, 0.5) is 0 Å². The summed E-state index contributed by atoms with van der Waals surface area (Å²) >= 11 is 9.44. The van der Waals surface area contributed by atoms with E-state index in [9.17, 15) is 8.42 Å². The molecule has 1 aromatic rings. The zero-order valence-electron chi connectivity index (χ0n) is 11.7. The number of aryl methyl sites for hydroxylation is 1. The molecule has 1 aromatic heterocycles. The number of halogens is 1. The molecule has 114 valence electrons. The van der Waals surface area contributed by atoms with Crippen molar-refractivity contribution in [3.8, 4) is 0 Å². The first-order valence-electron chi connectivity index (χ1n) is 6.19. The van der Waals surface area contributed by atoms with E-state index in [2.05, 4.69) is 15.9 Å². The average Bonchev–Trinajstić information content (AvgIpc) is 2.65. The lowest BCUT2D eigenvalue weighted by Gasteiger charge is -2.23. The van der Waals surface area contributed by atoms with E-state index in [1.54, 1.807) is 6.07 Å². The maximum absolute atomic E-state index is 12.7. The van der Waals surface area contributed by atoms with Gasteiger partial charge in [-0.2, -0.15) is 4.31 Å². The van der Waals surface area contributed by atoms with Gasteiger partial charge in [-0.05, 0) is 40.4 Å². The Labute approximate surface area is 138 Å². The van der Waals surface area contributed by atoms with Crippen LogP contribution in [-0.2, 0) is 10.0 Å². The summed E-state index contributed by atoms with van der Waals surface area (Å²) in [5.74, 6) is 0.237. The Hall–Kier alpha value is -0.0200. The van der Waals surface area contributed by atoms with Crippen LogP contribution in [0.25, 0.3) is 0 Å². The molecule has 4 nitrogen and oxygen atoms in total. The van der Waals surface area contributed by atoms with Gasteiger partial charge in [0, 0.05) is 19.5 Å². The minimum Gasteiger partial charge on any atom is -0.393 e. The molecule has 0 atom stereocenters. The second-order valence-corrected chi connectivity index (χ2v) is 10.1. The molecule has 0 aliphatic rings. The smallest absolute Gasteiger partial charge is 0.252 e. The zero-order chi connectivity index (χ0) is 15.5. The molecule has 0 amide bonds. The van der Waals surface area contributed by atoms with Crippen LogP contribution < -0.4 is 5.73 Å². The lowest BCUT2D eigenvalue weighted by Crippen LogP contribution is -2.36. The monoisotopic (exact) mass is 398 g/mol. The van der Waals surface area contributed by atoms with Gasteiger partial charge in [0.15, 0.2) is 0 Å². The van der Waals surface area contributed by atoms with Gasteiger partial charge in [0.1, 0.15) is 4.21 Å². The Bertz CT molecular complexity index is 562. The van der Waals surface area contributed by atoms with Crippen molar-refractivity contribution in [2.75, 3.05) is 13.1 Å². The van der Waals surface area contributed by atoms with Gasteiger partial charge in [0.2, 0.25) is 0 Å². The van der Waals surface area contributed by atoms with Gasteiger partial charge in [-0.1, -0.05) is 26.1 Å².